The highest BCUT2D eigenvalue weighted by Gasteiger charge is 2.24. The van der Waals surface area contributed by atoms with E-state index in [1.807, 2.05) is 30.0 Å². The molecular weight excluding hydrogens is 278 g/mol. The number of aliphatic carboxylic acids is 1. The Bertz CT molecular complexity index is 341. The van der Waals surface area contributed by atoms with E-state index in [4.69, 9.17) is 5.11 Å². The number of hydrogen-bond acceptors (Lipinski definition) is 4. The third-order valence-corrected chi connectivity index (χ3v) is 4.40. The van der Waals surface area contributed by atoms with E-state index in [1.165, 1.54) is 0 Å². The molecule has 1 atom stereocenters. The molecule has 1 rings (SSSR count). The summed E-state index contributed by atoms with van der Waals surface area (Å²) in [6, 6.07) is 0.250. The maximum Gasteiger partial charge on any atom is 0.320 e. The number of thioether (sulfide) groups is 1. The van der Waals surface area contributed by atoms with Gasteiger partial charge in [-0.1, -0.05) is 0 Å². The molecule has 1 heterocycles. The molecule has 0 saturated carbocycles. The highest BCUT2D eigenvalue weighted by Crippen LogP contribution is 2.10. The van der Waals surface area contributed by atoms with Gasteiger partial charge in [0.2, 0.25) is 0 Å². The van der Waals surface area contributed by atoms with Crippen molar-refractivity contribution in [3.63, 3.8) is 0 Å². The van der Waals surface area contributed by atoms with Crippen LogP contribution in [0.2, 0.25) is 0 Å². The molecule has 0 spiro atoms. The fourth-order valence-electron chi connectivity index (χ4n) is 2.28. The van der Waals surface area contributed by atoms with Crippen LogP contribution in [0.5, 0.6) is 0 Å². The monoisotopic (exact) mass is 303 g/mol. The van der Waals surface area contributed by atoms with Crippen LogP contribution in [0.3, 0.4) is 0 Å². The van der Waals surface area contributed by atoms with Crippen LogP contribution in [0.15, 0.2) is 0 Å². The molecular formula is C13H25N3O3S. The third-order valence-electron chi connectivity index (χ3n) is 3.59. The molecule has 1 aliphatic heterocycles. The number of urea groups is 1. The summed E-state index contributed by atoms with van der Waals surface area (Å²) < 4.78 is 0. The van der Waals surface area contributed by atoms with Crippen LogP contribution in [0, 0.1) is 0 Å². The Morgan fingerprint density at radius 2 is 2.00 bits per heavy atom. The zero-order chi connectivity index (χ0) is 15.1. The summed E-state index contributed by atoms with van der Waals surface area (Å²) in [6.07, 6.45) is 2.86. The smallest absolute Gasteiger partial charge is 0.320 e. The number of hydrogen-bond donors (Lipinski definition) is 1. The van der Waals surface area contributed by atoms with Crippen molar-refractivity contribution < 1.29 is 14.7 Å². The largest absolute Gasteiger partial charge is 0.480 e. The van der Waals surface area contributed by atoms with Gasteiger partial charge in [-0.2, -0.15) is 11.8 Å². The molecule has 0 bridgehead atoms. The predicted octanol–water partition coefficient (Wildman–Crippen LogP) is 0.882. The minimum absolute atomic E-state index is 0.0451. The SMILES string of the molecule is CSCC(C)N(C)C(=O)N1CCCN(CC(=O)O)CC1. The van der Waals surface area contributed by atoms with E-state index in [0.717, 1.165) is 18.7 Å². The predicted molar refractivity (Wildman–Crippen MR) is 81.3 cm³/mol. The zero-order valence-corrected chi connectivity index (χ0v) is 13.4. The number of carbonyl (C=O) groups excluding carboxylic acids is 1. The molecule has 2 amide bonds. The van der Waals surface area contributed by atoms with Gasteiger partial charge in [-0.3, -0.25) is 9.69 Å². The van der Waals surface area contributed by atoms with E-state index >= 15 is 0 Å². The van der Waals surface area contributed by atoms with Crippen molar-refractivity contribution in [1.82, 2.24) is 14.7 Å². The second kappa shape index (κ2) is 8.36. The minimum atomic E-state index is -0.810. The van der Waals surface area contributed by atoms with Crippen molar-refractivity contribution in [3.05, 3.63) is 0 Å². The standard InChI is InChI=1S/C13H25N3O3S/c1-11(10-20-3)14(2)13(19)16-6-4-5-15(7-8-16)9-12(17)18/h11H,4-10H2,1-3H3,(H,17,18). The van der Waals surface area contributed by atoms with Gasteiger partial charge >= 0.3 is 12.0 Å². The van der Waals surface area contributed by atoms with Crippen LogP contribution in [0.4, 0.5) is 4.79 Å². The summed E-state index contributed by atoms with van der Waals surface area (Å²) >= 11 is 1.73. The number of rotatable bonds is 5. The van der Waals surface area contributed by atoms with Gasteiger partial charge in [0.15, 0.2) is 0 Å². The molecule has 0 aromatic heterocycles. The Kier molecular flexibility index (Phi) is 7.15. The normalized spacial score (nSPS) is 18.4. The molecule has 1 unspecified atom stereocenters. The molecule has 20 heavy (non-hydrogen) atoms. The average molecular weight is 303 g/mol. The Morgan fingerprint density at radius 1 is 1.30 bits per heavy atom. The van der Waals surface area contributed by atoms with Gasteiger partial charge in [0.25, 0.3) is 0 Å². The maximum absolute atomic E-state index is 12.4. The van der Waals surface area contributed by atoms with Crippen molar-refractivity contribution in [2.45, 2.75) is 19.4 Å². The van der Waals surface area contributed by atoms with E-state index in [2.05, 4.69) is 0 Å². The summed E-state index contributed by atoms with van der Waals surface area (Å²) in [5.74, 6) is 0.108. The molecule has 7 heteroatoms. The molecule has 0 aromatic carbocycles. The van der Waals surface area contributed by atoms with Gasteiger partial charge in [-0.15, -0.1) is 0 Å². The topological polar surface area (TPSA) is 64.1 Å². The Balaban J connectivity index is 2.51. The number of nitrogens with zero attached hydrogens (tertiary/aromatic N) is 3. The highest BCUT2D eigenvalue weighted by molar-refractivity contribution is 7.98. The first kappa shape index (κ1) is 17.1. The zero-order valence-electron chi connectivity index (χ0n) is 12.5. The lowest BCUT2D eigenvalue weighted by Crippen LogP contribution is -2.47. The fraction of sp³-hybridized carbons (Fsp3) is 0.846. The molecule has 0 aliphatic carbocycles. The van der Waals surface area contributed by atoms with Crippen molar-refractivity contribution in [2.75, 3.05) is 51.8 Å². The van der Waals surface area contributed by atoms with Gasteiger partial charge in [-0.25, -0.2) is 4.79 Å². The Morgan fingerprint density at radius 3 is 2.60 bits per heavy atom. The first-order valence-electron chi connectivity index (χ1n) is 6.90. The molecule has 1 fully saturated rings. The summed E-state index contributed by atoms with van der Waals surface area (Å²) in [5, 5.41) is 8.82. The minimum Gasteiger partial charge on any atom is -0.480 e. The van der Waals surface area contributed by atoms with Gasteiger partial charge in [0.1, 0.15) is 0 Å². The molecule has 0 radical (unpaired) electrons. The van der Waals surface area contributed by atoms with Gasteiger partial charge in [0.05, 0.1) is 6.54 Å². The molecule has 1 N–H and O–H groups in total. The van der Waals surface area contributed by atoms with E-state index in [9.17, 15) is 9.59 Å². The Labute approximate surface area is 125 Å². The van der Waals surface area contributed by atoms with Crippen molar-refractivity contribution in [1.29, 1.82) is 0 Å². The van der Waals surface area contributed by atoms with Crippen molar-refractivity contribution >= 4 is 23.8 Å². The number of amides is 2. The van der Waals surface area contributed by atoms with E-state index in [1.54, 1.807) is 16.7 Å². The lowest BCUT2D eigenvalue weighted by Gasteiger charge is -2.31. The van der Waals surface area contributed by atoms with Crippen LogP contribution in [-0.4, -0.2) is 89.6 Å². The summed E-state index contributed by atoms with van der Waals surface area (Å²) in [4.78, 5) is 28.6. The molecule has 0 aromatic rings. The second-order valence-electron chi connectivity index (χ2n) is 5.21. The number of carboxylic acids is 1. The van der Waals surface area contributed by atoms with Crippen molar-refractivity contribution in [3.8, 4) is 0 Å². The maximum atomic E-state index is 12.4. The van der Waals surface area contributed by atoms with Crippen LogP contribution >= 0.6 is 11.8 Å². The van der Waals surface area contributed by atoms with Crippen LogP contribution in [-0.2, 0) is 4.79 Å². The van der Waals surface area contributed by atoms with Gasteiger partial charge < -0.3 is 14.9 Å². The van der Waals surface area contributed by atoms with Gasteiger partial charge in [0, 0.05) is 45.0 Å². The average Bonchev–Trinajstić information content (AvgIpc) is 2.62. The van der Waals surface area contributed by atoms with Gasteiger partial charge in [-0.05, 0) is 19.6 Å². The lowest BCUT2D eigenvalue weighted by atomic mass is 10.3. The first-order valence-corrected chi connectivity index (χ1v) is 8.30. The highest BCUT2D eigenvalue weighted by atomic mass is 32.2. The van der Waals surface area contributed by atoms with E-state index < -0.39 is 5.97 Å². The van der Waals surface area contributed by atoms with Crippen LogP contribution in [0.1, 0.15) is 13.3 Å². The van der Waals surface area contributed by atoms with E-state index in [-0.39, 0.29) is 18.6 Å². The van der Waals surface area contributed by atoms with E-state index in [0.29, 0.717) is 19.6 Å². The van der Waals surface area contributed by atoms with Crippen molar-refractivity contribution in [2.24, 2.45) is 0 Å². The molecule has 116 valence electrons. The molecule has 1 aliphatic rings. The first-order chi connectivity index (χ1) is 9.45. The van der Waals surface area contributed by atoms with Crippen LogP contribution < -0.4 is 0 Å². The molecule has 1 saturated heterocycles. The lowest BCUT2D eigenvalue weighted by molar-refractivity contribution is -0.138. The Hall–Kier alpha value is -0.950. The van der Waals surface area contributed by atoms with Crippen LogP contribution in [0.25, 0.3) is 0 Å². The summed E-state index contributed by atoms with van der Waals surface area (Å²) in [6.45, 7) is 4.76. The summed E-state index contributed by atoms with van der Waals surface area (Å²) in [7, 11) is 1.84. The second-order valence-corrected chi connectivity index (χ2v) is 6.12. The number of carbonyl (C=O) groups is 2. The fourth-order valence-corrected chi connectivity index (χ4v) is 2.98. The number of carboxylic acid groups (broad SMARTS) is 1. The summed E-state index contributed by atoms with van der Waals surface area (Å²) in [5.41, 5.74) is 0. The third kappa shape index (κ3) is 5.20. The quantitative estimate of drug-likeness (QED) is 0.817. The molecule has 6 nitrogen and oxygen atoms in total.